The van der Waals surface area contributed by atoms with Gasteiger partial charge in [-0.25, -0.2) is 0 Å². The first-order valence-corrected chi connectivity index (χ1v) is 8.45. The zero-order valence-electron chi connectivity index (χ0n) is 14.0. The largest absolute Gasteiger partial charge is 0.495 e. The van der Waals surface area contributed by atoms with Gasteiger partial charge in [0.1, 0.15) is 4.60 Å². The minimum absolute atomic E-state index is 0.357. The van der Waals surface area contributed by atoms with E-state index in [0.29, 0.717) is 5.92 Å². The molecule has 2 heterocycles. The highest BCUT2D eigenvalue weighted by Gasteiger charge is 2.52. The highest BCUT2D eigenvalue weighted by atomic mass is 79.9. The maximum Gasteiger partial charge on any atom is 0.495 e. The maximum atomic E-state index is 6.29. The summed E-state index contributed by atoms with van der Waals surface area (Å²) in [4.78, 5) is 0. The van der Waals surface area contributed by atoms with Crippen LogP contribution in [0, 0.1) is 0 Å². The van der Waals surface area contributed by atoms with Gasteiger partial charge in [-0.3, -0.25) is 5.10 Å². The zero-order chi connectivity index (χ0) is 16.3. The predicted molar refractivity (Wildman–Crippen MR) is 93.6 cm³/mol. The van der Waals surface area contributed by atoms with Crippen LogP contribution in [-0.4, -0.2) is 28.5 Å². The van der Waals surface area contributed by atoms with E-state index >= 15 is 0 Å². The molecule has 118 valence electrons. The molecule has 0 atom stereocenters. The summed E-state index contributed by atoms with van der Waals surface area (Å²) in [6, 6.07) is 4.17. The maximum absolute atomic E-state index is 6.29. The number of rotatable bonds is 2. The normalized spacial score (nSPS) is 20.3. The molecule has 0 spiro atoms. The lowest BCUT2D eigenvalue weighted by atomic mass is 9.72. The first-order chi connectivity index (χ1) is 10.1. The number of benzene rings is 1. The van der Waals surface area contributed by atoms with Gasteiger partial charge < -0.3 is 9.31 Å². The van der Waals surface area contributed by atoms with Crippen molar-refractivity contribution in [3.05, 3.63) is 22.3 Å². The van der Waals surface area contributed by atoms with Crippen LogP contribution in [0.15, 0.2) is 16.7 Å². The third-order valence-corrected chi connectivity index (χ3v) is 5.44. The molecular weight excluding hydrogens is 343 g/mol. The number of nitrogens with zero attached hydrogens (tertiary/aromatic N) is 1. The minimum atomic E-state index is -0.389. The number of nitrogens with one attached hydrogen (secondary N) is 1. The van der Waals surface area contributed by atoms with E-state index in [1.807, 2.05) is 6.07 Å². The van der Waals surface area contributed by atoms with E-state index in [1.54, 1.807) is 0 Å². The number of H-pyrrole nitrogens is 1. The Kier molecular flexibility index (Phi) is 3.70. The highest BCUT2D eigenvalue weighted by molar-refractivity contribution is 9.10. The smallest absolute Gasteiger partial charge is 0.399 e. The van der Waals surface area contributed by atoms with Gasteiger partial charge in [0.2, 0.25) is 0 Å². The fourth-order valence-corrected chi connectivity index (χ4v) is 3.34. The molecule has 1 aliphatic heterocycles. The van der Waals surface area contributed by atoms with Crippen molar-refractivity contribution in [2.24, 2.45) is 0 Å². The van der Waals surface area contributed by atoms with Gasteiger partial charge in [-0.15, -0.1) is 0 Å². The van der Waals surface area contributed by atoms with Gasteiger partial charge in [0.05, 0.1) is 16.7 Å². The van der Waals surface area contributed by atoms with E-state index in [1.165, 1.54) is 5.56 Å². The Morgan fingerprint density at radius 1 is 1.14 bits per heavy atom. The molecule has 0 bridgehead atoms. The standard InChI is InChI=1S/C16H22BBrN2O2/c1-9(2)10-7-8-11-12(14(18)20-19-11)13(10)17-21-15(3,4)16(5,6)22-17/h7-9H,1-6H3,(H,19,20). The van der Waals surface area contributed by atoms with Crippen molar-refractivity contribution in [3.63, 3.8) is 0 Å². The molecule has 3 rings (SSSR count). The molecule has 2 aromatic rings. The van der Waals surface area contributed by atoms with Crippen molar-refractivity contribution in [3.8, 4) is 0 Å². The molecule has 1 aliphatic rings. The molecule has 0 amide bonds. The summed E-state index contributed by atoms with van der Waals surface area (Å²) < 4.78 is 13.4. The van der Waals surface area contributed by atoms with Crippen molar-refractivity contribution in [2.75, 3.05) is 0 Å². The van der Waals surface area contributed by atoms with E-state index in [-0.39, 0.29) is 18.3 Å². The van der Waals surface area contributed by atoms with E-state index in [4.69, 9.17) is 9.31 Å². The third kappa shape index (κ3) is 2.32. The average Bonchev–Trinajstić information content (AvgIpc) is 2.87. The van der Waals surface area contributed by atoms with Crippen LogP contribution in [0.2, 0.25) is 0 Å². The van der Waals surface area contributed by atoms with E-state index in [9.17, 15) is 0 Å². The molecule has 4 nitrogen and oxygen atoms in total. The summed E-state index contributed by atoms with van der Waals surface area (Å²) in [6.07, 6.45) is 0. The second-order valence-corrected chi connectivity index (χ2v) is 8.04. The molecule has 0 unspecified atom stereocenters. The topological polar surface area (TPSA) is 47.1 Å². The van der Waals surface area contributed by atoms with Gasteiger partial charge in [0, 0.05) is 5.39 Å². The molecule has 0 aliphatic carbocycles. The Bertz CT molecular complexity index is 708. The Balaban J connectivity index is 2.21. The first kappa shape index (κ1) is 16.0. The minimum Gasteiger partial charge on any atom is -0.399 e. The Hall–Kier alpha value is -0.845. The van der Waals surface area contributed by atoms with Gasteiger partial charge >= 0.3 is 7.12 Å². The van der Waals surface area contributed by atoms with E-state index in [2.05, 4.69) is 73.7 Å². The Labute approximate surface area is 140 Å². The summed E-state index contributed by atoms with van der Waals surface area (Å²) >= 11 is 3.58. The lowest BCUT2D eigenvalue weighted by molar-refractivity contribution is 0.00578. The molecule has 1 aromatic carbocycles. The van der Waals surface area contributed by atoms with Crippen molar-refractivity contribution in [1.29, 1.82) is 0 Å². The van der Waals surface area contributed by atoms with Crippen LogP contribution in [-0.2, 0) is 9.31 Å². The van der Waals surface area contributed by atoms with Crippen LogP contribution in [0.3, 0.4) is 0 Å². The molecule has 0 saturated carbocycles. The van der Waals surface area contributed by atoms with Gasteiger partial charge in [0.15, 0.2) is 0 Å². The Morgan fingerprint density at radius 2 is 1.73 bits per heavy atom. The van der Waals surface area contributed by atoms with Crippen molar-refractivity contribution >= 4 is 39.4 Å². The predicted octanol–water partition coefficient (Wildman–Crippen LogP) is 3.75. The SMILES string of the molecule is CC(C)c1ccc2n[nH]c(Br)c2c1B1OC(C)(C)C(C)(C)O1. The fourth-order valence-electron chi connectivity index (χ4n) is 2.83. The van der Waals surface area contributed by atoms with Crippen LogP contribution >= 0.6 is 15.9 Å². The summed E-state index contributed by atoms with van der Waals surface area (Å²) in [5, 5.41) is 8.39. The van der Waals surface area contributed by atoms with E-state index < -0.39 is 0 Å². The number of fused-ring (bicyclic) bond motifs is 1. The van der Waals surface area contributed by atoms with Gasteiger partial charge in [-0.1, -0.05) is 19.9 Å². The summed E-state index contributed by atoms with van der Waals surface area (Å²) in [7, 11) is -0.389. The van der Waals surface area contributed by atoms with Crippen LogP contribution in [0.5, 0.6) is 0 Å². The van der Waals surface area contributed by atoms with Gasteiger partial charge in [0.25, 0.3) is 0 Å². The molecule has 1 fully saturated rings. The second kappa shape index (κ2) is 5.08. The van der Waals surface area contributed by atoms with E-state index in [0.717, 1.165) is 21.0 Å². The van der Waals surface area contributed by atoms with Crippen molar-refractivity contribution in [2.45, 2.75) is 58.7 Å². The van der Waals surface area contributed by atoms with Crippen LogP contribution in [0.1, 0.15) is 53.0 Å². The number of aromatic nitrogens is 2. The number of halogens is 1. The highest BCUT2D eigenvalue weighted by Crippen LogP contribution is 2.38. The molecule has 1 saturated heterocycles. The number of aromatic amines is 1. The molecule has 6 heteroatoms. The number of hydrogen-bond acceptors (Lipinski definition) is 3. The van der Waals surface area contributed by atoms with Crippen molar-refractivity contribution in [1.82, 2.24) is 10.2 Å². The lowest BCUT2D eigenvalue weighted by Crippen LogP contribution is -2.41. The molecule has 1 N–H and O–H groups in total. The Morgan fingerprint density at radius 3 is 2.27 bits per heavy atom. The molecule has 0 radical (unpaired) electrons. The summed E-state index contributed by atoms with van der Waals surface area (Å²) in [5.74, 6) is 0.375. The lowest BCUT2D eigenvalue weighted by Gasteiger charge is -2.32. The quantitative estimate of drug-likeness (QED) is 0.825. The van der Waals surface area contributed by atoms with Gasteiger partial charge in [-0.2, -0.15) is 5.10 Å². The van der Waals surface area contributed by atoms with Crippen LogP contribution in [0.25, 0.3) is 10.9 Å². The first-order valence-electron chi connectivity index (χ1n) is 7.66. The number of hydrogen-bond donors (Lipinski definition) is 1. The fraction of sp³-hybridized carbons (Fsp3) is 0.562. The summed E-state index contributed by atoms with van der Waals surface area (Å²) in [6.45, 7) is 12.7. The monoisotopic (exact) mass is 364 g/mol. The zero-order valence-corrected chi connectivity index (χ0v) is 15.5. The van der Waals surface area contributed by atoms with Crippen LogP contribution in [0.4, 0.5) is 0 Å². The second-order valence-electron chi connectivity index (χ2n) is 7.24. The molecular formula is C16H22BBrN2O2. The molecule has 1 aromatic heterocycles. The van der Waals surface area contributed by atoms with Crippen molar-refractivity contribution < 1.29 is 9.31 Å². The third-order valence-electron chi connectivity index (χ3n) is 4.86. The van der Waals surface area contributed by atoms with Crippen LogP contribution < -0.4 is 5.46 Å². The average molecular weight is 365 g/mol. The van der Waals surface area contributed by atoms with Gasteiger partial charge in [-0.05, 0) is 66.6 Å². The summed E-state index contributed by atoms with van der Waals surface area (Å²) in [5.41, 5.74) is 2.51. The molecule has 22 heavy (non-hydrogen) atoms.